The van der Waals surface area contributed by atoms with E-state index in [1.165, 1.54) is 18.5 Å². The summed E-state index contributed by atoms with van der Waals surface area (Å²) in [5.41, 5.74) is 5.78. The number of nitrogens with two attached hydrogens (primary N) is 1. The third-order valence-corrected chi connectivity index (χ3v) is 2.34. The highest BCUT2D eigenvalue weighted by molar-refractivity contribution is 9.10. The van der Waals surface area contributed by atoms with E-state index >= 15 is 0 Å². The number of benzene rings is 1. The fourth-order valence-electron chi connectivity index (χ4n) is 1.17. The molecule has 0 saturated carbocycles. The molecule has 1 heterocycles. The molecule has 0 aliphatic carbocycles. The van der Waals surface area contributed by atoms with E-state index in [9.17, 15) is 4.39 Å². The summed E-state index contributed by atoms with van der Waals surface area (Å²) < 4.78 is 14.1. The molecule has 1 aromatic carbocycles. The predicted molar refractivity (Wildman–Crippen MR) is 63.8 cm³/mol. The van der Waals surface area contributed by atoms with Gasteiger partial charge < -0.3 is 11.1 Å². The molecule has 3 N–H and O–H groups in total. The van der Waals surface area contributed by atoms with Gasteiger partial charge in [0, 0.05) is 4.47 Å². The number of rotatable bonds is 2. The average Bonchev–Trinajstić information content (AvgIpc) is 2.22. The number of anilines is 3. The molecule has 0 unspecified atom stereocenters. The van der Waals surface area contributed by atoms with Crippen LogP contribution in [0, 0.1) is 5.82 Å². The minimum Gasteiger partial charge on any atom is -0.382 e. The van der Waals surface area contributed by atoms with Crippen molar-refractivity contribution in [3.8, 4) is 0 Å². The van der Waals surface area contributed by atoms with Crippen molar-refractivity contribution in [1.82, 2.24) is 9.97 Å². The number of hydrogen-bond donors (Lipinski definition) is 2. The Morgan fingerprint density at radius 1 is 1.31 bits per heavy atom. The lowest BCUT2D eigenvalue weighted by Gasteiger charge is -2.06. The van der Waals surface area contributed by atoms with E-state index < -0.39 is 0 Å². The Bertz CT molecular complexity index is 518. The van der Waals surface area contributed by atoms with Crippen molar-refractivity contribution in [2.75, 3.05) is 11.1 Å². The van der Waals surface area contributed by atoms with Crippen molar-refractivity contribution in [2.45, 2.75) is 0 Å². The van der Waals surface area contributed by atoms with Gasteiger partial charge in [-0.25, -0.2) is 9.37 Å². The molecule has 0 fully saturated rings. The van der Waals surface area contributed by atoms with Crippen LogP contribution in [0.4, 0.5) is 21.7 Å². The van der Waals surface area contributed by atoms with Crippen molar-refractivity contribution >= 4 is 33.3 Å². The molecule has 6 heteroatoms. The summed E-state index contributed by atoms with van der Waals surface area (Å²) in [5.74, 6) is 0.308. The third-order valence-electron chi connectivity index (χ3n) is 1.85. The van der Waals surface area contributed by atoms with E-state index in [4.69, 9.17) is 5.73 Å². The minimum absolute atomic E-state index is 0.280. The van der Waals surface area contributed by atoms with Crippen LogP contribution in [-0.2, 0) is 0 Å². The lowest BCUT2D eigenvalue weighted by atomic mass is 10.3. The SMILES string of the molecule is Nc1cncc(Nc2ccc(Br)cc2F)n1. The second-order valence-corrected chi connectivity index (χ2v) is 3.99. The second-order valence-electron chi connectivity index (χ2n) is 3.08. The summed E-state index contributed by atoms with van der Waals surface area (Å²) >= 11 is 3.18. The highest BCUT2D eigenvalue weighted by Gasteiger charge is 2.04. The van der Waals surface area contributed by atoms with Crippen molar-refractivity contribution < 1.29 is 4.39 Å². The normalized spacial score (nSPS) is 10.1. The number of nitrogen functional groups attached to an aromatic ring is 1. The molecule has 0 radical (unpaired) electrons. The number of nitrogens with one attached hydrogen (secondary N) is 1. The fraction of sp³-hybridized carbons (Fsp3) is 0. The molecule has 0 amide bonds. The molecule has 1 aromatic heterocycles. The van der Waals surface area contributed by atoms with Crippen molar-refractivity contribution in [3.05, 3.63) is 40.9 Å². The molecule has 2 rings (SSSR count). The quantitative estimate of drug-likeness (QED) is 0.889. The summed E-state index contributed by atoms with van der Waals surface area (Å²) in [7, 11) is 0. The molecular formula is C10H8BrFN4. The minimum atomic E-state index is -0.376. The van der Waals surface area contributed by atoms with Crippen molar-refractivity contribution in [3.63, 3.8) is 0 Å². The Labute approximate surface area is 99.9 Å². The monoisotopic (exact) mass is 282 g/mol. The molecule has 0 bridgehead atoms. The van der Waals surface area contributed by atoms with Crippen LogP contribution in [0.15, 0.2) is 35.1 Å². The van der Waals surface area contributed by atoms with Crippen LogP contribution in [-0.4, -0.2) is 9.97 Å². The van der Waals surface area contributed by atoms with Crippen LogP contribution in [0.25, 0.3) is 0 Å². The summed E-state index contributed by atoms with van der Waals surface area (Å²) in [6, 6.07) is 4.69. The van der Waals surface area contributed by atoms with Gasteiger partial charge in [-0.2, -0.15) is 0 Å². The summed E-state index contributed by atoms with van der Waals surface area (Å²) in [4.78, 5) is 7.80. The predicted octanol–water partition coefficient (Wildman–Crippen LogP) is 2.70. The Morgan fingerprint density at radius 2 is 2.12 bits per heavy atom. The van der Waals surface area contributed by atoms with Gasteiger partial charge in [0.2, 0.25) is 0 Å². The molecule has 0 aliphatic heterocycles. The standard InChI is InChI=1S/C10H8BrFN4/c11-6-1-2-8(7(12)3-6)15-10-5-14-4-9(13)16-10/h1-5H,(H3,13,15,16). The molecule has 0 spiro atoms. The van der Waals surface area contributed by atoms with Gasteiger partial charge in [-0.3, -0.25) is 4.98 Å². The number of hydrogen-bond acceptors (Lipinski definition) is 4. The lowest BCUT2D eigenvalue weighted by molar-refractivity contribution is 0.631. The molecule has 0 aliphatic rings. The fourth-order valence-corrected chi connectivity index (χ4v) is 1.50. The zero-order valence-corrected chi connectivity index (χ0v) is 9.70. The molecule has 2 aromatic rings. The Hall–Kier alpha value is -1.69. The molecule has 4 nitrogen and oxygen atoms in total. The van der Waals surface area contributed by atoms with Gasteiger partial charge in [0.05, 0.1) is 18.1 Å². The van der Waals surface area contributed by atoms with Gasteiger partial charge in [-0.05, 0) is 18.2 Å². The zero-order chi connectivity index (χ0) is 11.5. The van der Waals surface area contributed by atoms with Gasteiger partial charge in [-0.15, -0.1) is 0 Å². The number of aromatic nitrogens is 2. The van der Waals surface area contributed by atoms with Gasteiger partial charge in [0.15, 0.2) is 5.82 Å². The van der Waals surface area contributed by atoms with Gasteiger partial charge >= 0.3 is 0 Å². The average molecular weight is 283 g/mol. The highest BCUT2D eigenvalue weighted by Crippen LogP contribution is 2.22. The Kier molecular flexibility index (Phi) is 3.00. The Balaban J connectivity index is 2.27. The van der Waals surface area contributed by atoms with Crippen LogP contribution < -0.4 is 11.1 Å². The summed E-state index contributed by atoms with van der Waals surface area (Å²) in [6.45, 7) is 0. The van der Waals surface area contributed by atoms with E-state index in [0.717, 1.165) is 0 Å². The molecule has 0 saturated heterocycles. The first-order valence-corrected chi connectivity index (χ1v) is 5.24. The van der Waals surface area contributed by atoms with Crippen molar-refractivity contribution in [1.29, 1.82) is 0 Å². The van der Waals surface area contributed by atoms with E-state index in [2.05, 4.69) is 31.2 Å². The first-order valence-electron chi connectivity index (χ1n) is 4.45. The third kappa shape index (κ3) is 2.46. The largest absolute Gasteiger partial charge is 0.382 e. The first-order chi connectivity index (χ1) is 7.65. The van der Waals surface area contributed by atoms with Crippen LogP contribution in [0.3, 0.4) is 0 Å². The van der Waals surface area contributed by atoms with Crippen LogP contribution >= 0.6 is 15.9 Å². The number of halogens is 2. The molecular weight excluding hydrogens is 275 g/mol. The zero-order valence-electron chi connectivity index (χ0n) is 8.11. The summed E-state index contributed by atoms with van der Waals surface area (Å²) in [5, 5.41) is 2.79. The summed E-state index contributed by atoms with van der Waals surface area (Å²) in [6.07, 6.45) is 2.89. The Morgan fingerprint density at radius 3 is 2.81 bits per heavy atom. The second kappa shape index (κ2) is 4.44. The topological polar surface area (TPSA) is 63.8 Å². The number of nitrogens with zero attached hydrogens (tertiary/aromatic N) is 2. The molecule has 82 valence electrons. The highest BCUT2D eigenvalue weighted by atomic mass is 79.9. The maximum absolute atomic E-state index is 13.5. The smallest absolute Gasteiger partial charge is 0.151 e. The van der Waals surface area contributed by atoms with E-state index in [1.807, 2.05) is 0 Å². The van der Waals surface area contributed by atoms with E-state index in [0.29, 0.717) is 16.0 Å². The lowest BCUT2D eigenvalue weighted by Crippen LogP contribution is -1.99. The van der Waals surface area contributed by atoms with Crippen LogP contribution in [0.5, 0.6) is 0 Å². The maximum Gasteiger partial charge on any atom is 0.151 e. The van der Waals surface area contributed by atoms with Crippen LogP contribution in [0.2, 0.25) is 0 Å². The van der Waals surface area contributed by atoms with E-state index in [1.54, 1.807) is 12.1 Å². The van der Waals surface area contributed by atoms with Gasteiger partial charge in [0.25, 0.3) is 0 Å². The van der Waals surface area contributed by atoms with Gasteiger partial charge in [0.1, 0.15) is 11.6 Å². The van der Waals surface area contributed by atoms with Gasteiger partial charge in [-0.1, -0.05) is 15.9 Å². The van der Waals surface area contributed by atoms with Crippen LogP contribution in [0.1, 0.15) is 0 Å². The molecule has 16 heavy (non-hydrogen) atoms. The van der Waals surface area contributed by atoms with Crippen molar-refractivity contribution in [2.24, 2.45) is 0 Å². The van der Waals surface area contributed by atoms with E-state index in [-0.39, 0.29) is 11.6 Å². The molecule has 0 atom stereocenters. The first kappa shape index (κ1) is 10.8. The maximum atomic E-state index is 13.5.